The first-order valence-corrected chi connectivity index (χ1v) is 14.1. The number of amides is 2. The molecule has 0 aliphatic carbocycles. The molecule has 1 N–H and O–H groups in total. The average Bonchev–Trinajstić information content (AvgIpc) is 2.91. The molecule has 3 rings (SSSR count). The van der Waals surface area contributed by atoms with Gasteiger partial charge in [0.05, 0.1) is 20.6 Å². The molecule has 0 heterocycles. The van der Waals surface area contributed by atoms with Gasteiger partial charge in [-0.1, -0.05) is 60.5 Å². The summed E-state index contributed by atoms with van der Waals surface area (Å²) >= 11 is 12.2. The van der Waals surface area contributed by atoms with E-state index in [4.69, 9.17) is 23.2 Å². The minimum Gasteiger partial charge on any atom is -0.354 e. The Morgan fingerprint density at radius 3 is 2.24 bits per heavy atom. The lowest BCUT2D eigenvalue weighted by atomic mass is 10.1. The molecule has 3 aromatic carbocycles. The molecule has 7 nitrogen and oxygen atoms in total. The summed E-state index contributed by atoms with van der Waals surface area (Å²) in [6.45, 7) is 3.21. The molecule has 202 valence electrons. The van der Waals surface area contributed by atoms with E-state index in [2.05, 4.69) is 5.32 Å². The number of anilines is 1. The summed E-state index contributed by atoms with van der Waals surface area (Å²) in [4.78, 5) is 27.8. The van der Waals surface area contributed by atoms with Crippen LogP contribution in [0.2, 0.25) is 10.0 Å². The highest BCUT2D eigenvalue weighted by molar-refractivity contribution is 7.92. The van der Waals surface area contributed by atoms with Gasteiger partial charge < -0.3 is 10.2 Å². The fraction of sp³-hybridized carbons (Fsp3) is 0.259. The van der Waals surface area contributed by atoms with Crippen LogP contribution in [-0.2, 0) is 26.2 Å². The highest BCUT2D eigenvalue weighted by Crippen LogP contribution is 2.30. The van der Waals surface area contributed by atoms with E-state index in [-0.39, 0.29) is 27.2 Å². The van der Waals surface area contributed by atoms with Crippen LogP contribution in [-0.4, -0.2) is 44.3 Å². The summed E-state index contributed by atoms with van der Waals surface area (Å²) in [6, 6.07) is 16.5. The number of nitrogens with one attached hydrogen (secondary N) is 1. The first kappa shape index (κ1) is 29.4. The van der Waals surface area contributed by atoms with E-state index in [0.29, 0.717) is 18.5 Å². The van der Waals surface area contributed by atoms with E-state index < -0.39 is 40.2 Å². The Morgan fingerprint density at radius 1 is 0.974 bits per heavy atom. The summed E-state index contributed by atoms with van der Waals surface area (Å²) in [7, 11) is -4.22. The normalized spacial score (nSPS) is 12.0. The Labute approximate surface area is 232 Å². The molecule has 0 fully saturated rings. The lowest BCUT2D eigenvalue weighted by Crippen LogP contribution is -2.51. The second-order valence-electron chi connectivity index (χ2n) is 8.54. The SMILES string of the molecule is CCCNC(=O)[C@H](C)N(Cc1ccc(F)cc1)C(=O)CN(c1ccc(Cl)c(Cl)c1)S(=O)(=O)c1ccccc1. The van der Waals surface area contributed by atoms with Gasteiger partial charge in [-0.15, -0.1) is 0 Å². The maximum Gasteiger partial charge on any atom is 0.264 e. The Bertz CT molecular complexity index is 1370. The Kier molecular flexibility index (Phi) is 10.1. The van der Waals surface area contributed by atoms with Crippen LogP contribution >= 0.6 is 23.2 Å². The van der Waals surface area contributed by atoms with E-state index in [1.807, 2.05) is 6.92 Å². The third-order valence-corrected chi connectivity index (χ3v) is 8.31. The van der Waals surface area contributed by atoms with Gasteiger partial charge in [-0.2, -0.15) is 0 Å². The topological polar surface area (TPSA) is 86.8 Å². The lowest BCUT2D eigenvalue weighted by Gasteiger charge is -2.32. The van der Waals surface area contributed by atoms with Crippen molar-refractivity contribution in [3.05, 3.63) is 94.2 Å². The van der Waals surface area contributed by atoms with Crippen molar-refractivity contribution in [3.8, 4) is 0 Å². The van der Waals surface area contributed by atoms with Crippen molar-refractivity contribution >= 4 is 50.7 Å². The van der Waals surface area contributed by atoms with Gasteiger partial charge in [-0.25, -0.2) is 12.8 Å². The molecule has 38 heavy (non-hydrogen) atoms. The van der Waals surface area contributed by atoms with Gasteiger partial charge >= 0.3 is 0 Å². The van der Waals surface area contributed by atoms with Crippen molar-refractivity contribution in [2.45, 2.75) is 37.8 Å². The van der Waals surface area contributed by atoms with Crippen LogP contribution in [0.25, 0.3) is 0 Å². The summed E-state index contributed by atoms with van der Waals surface area (Å²) in [5.74, 6) is -1.48. The maximum absolute atomic E-state index is 13.8. The number of sulfonamides is 1. The van der Waals surface area contributed by atoms with Crippen LogP contribution in [0.3, 0.4) is 0 Å². The number of carbonyl (C=O) groups excluding carboxylic acids is 2. The molecule has 0 radical (unpaired) electrons. The highest BCUT2D eigenvalue weighted by atomic mass is 35.5. The number of rotatable bonds is 11. The molecule has 0 bridgehead atoms. The van der Waals surface area contributed by atoms with Crippen LogP contribution in [0.15, 0.2) is 77.7 Å². The fourth-order valence-corrected chi connectivity index (χ4v) is 5.37. The third-order valence-electron chi connectivity index (χ3n) is 5.78. The molecule has 0 unspecified atom stereocenters. The van der Waals surface area contributed by atoms with Gasteiger partial charge in [-0.3, -0.25) is 13.9 Å². The Morgan fingerprint density at radius 2 is 1.63 bits per heavy atom. The van der Waals surface area contributed by atoms with Crippen molar-refractivity contribution in [3.63, 3.8) is 0 Å². The monoisotopic (exact) mass is 579 g/mol. The average molecular weight is 581 g/mol. The molecular weight excluding hydrogens is 552 g/mol. The van der Waals surface area contributed by atoms with Gasteiger partial charge in [0.15, 0.2) is 0 Å². The van der Waals surface area contributed by atoms with Gasteiger partial charge in [-0.05, 0) is 61.4 Å². The molecule has 11 heteroatoms. The number of halogens is 3. The summed E-state index contributed by atoms with van der Waals surface area (Å²) in [5, 5.41) is 3.09. The van der Waals surface area contributed by atoms with Gasteiger partial charge in [0.1, 0.15) is 18.4 Å². The van der Waals surface area contributed by atoms with Gasteiger partial charge in [0, 0.05) is 13.1 Å². The first-order valence-electron chi connectivity index (χ1n) is 11.9. The minimum absolute atomic E-state index is 0.0299. The fourth-order valence-electron chi connectivity index (χ4n) is 3.65. The van der Waals surface area contributed by atoms with E-state index in [1.165, 1.54) is 59.5 Å². The lowest BCUT2D eigenvalue weighted by molar-refractivity contribution is -0.139. The zero-order valence-electron chi connectivity index (χ0n) is 20.9. The molecule has 3 aromatic rings. The van der Waals surface area contributed by atoms with Crippen LogP contribution in [0.1, 0.15) is 25.8 Å². The summed E-state index contributed by atoms with van der Waals surface area (Å²) in [5.41, 5.74) is 0.698. The molecule has 1 atom stereocenters. The van der Waals surface area contributed by atoms with Crippen molar-refractivity contribution < 1.29 is 22.4 Å². The van der Waals surface area contributed by atoms with E-state index in [0.717, 1.165) is 4.31 Å². The van der Waals surface area contributed by atoms with Crippen LogP contribution < -0.4 is 9.62 Å². The second kappa shape index (κ2) is 13.1. The molecule has 0 saturated heterocycles. The van der Waals surface area contributed by atoms with E-state index >= 15 is 0 Å². The second-order valence-corrected chi connectivity index (χ2v) is 11.2. The molecule has 0 saturated carbocycles. The summed E-state index contributed by atoms with van der Waals surface area (Å²) in [6.07, 6.45) is 0.699. The minimum atomic E-state index is -4.22. The van der Waals surface area contributed by atoms with E-state index in [9.17, 15) is 22.4 Å². The zero-order valence-corrected chi connectivity index (χ0v) is 23.2. The van der Waals surface area contributed by atoms with Crippen LogP contribution in [0, 0.1) is 5.82 Å². The molecule has 0 aliphatic heterocycles. The van der Waals surface area contributed by atoms with Crippen molar-refractivity contribution in [2.24, 2.45) is 0 Å². The Balaban J connectivity index is 2.02. The number of nitrogens with zero attached hydrogens (tertiary/aromatic N) is 2. The van der Waals surface area contributed by atoms with Crippen LogP contribution in [0.4, 0.5) is 10.1 Å². The molecular formula is C27H28Cl2FN3O4S. The number of benzene rings is 3. The number of hydrogen-bond acceptors (Lipinski definition) is 4. The van der Waals surface area contributed by atoms with E-state index in [1.54, 1.807) is 25.1 Å². The van der Waals surface area contributed by atoms with Gasteiger partial charge in [0.2, 0.25) is 11.8 Å². The zero-order chi connectivity index (χ0) is 27.9. The van der Waals surface area contributed by atoms with Crippen molar-refractivity contribution in [1.82, 2.24) is 10.2 Å². The van der Waals surface area contributed by atoms with Crippen molar-refractivity contribution in [2.75, 3.05) is 17.4 Å². The van der Waals surface area contributed by atoms with Gasteiger partial charge in [0.25, 0.3) is 10.0 Å². The predicted molar refractivity (Wildman–Crippen MR) is 147 cm³/mol. The number of carbonyl (C=O) groups is 2. The standard InChI is InChI=1S/C27H28Cl2FN3O4S/c1-3-15-31-27(35)19(2)32(17-20-9-11-21(30)12-10-20)26(34)18-33(22-13-14-24(28)25(29)16-22)38(36,37)23-7-5-4-6-8-23/h4-14,16,19H,3,15,17-18H2,1-2H3,(H,31,35)/t19-/m0/s1. The Hall–Kier alpha value is -3.14. The maximum atomic E-state index is 13.8. The largest absolute Gasteiger partial charge is 0.354 e. The molecule has 2 amide bonds. The molecule has 0 spiro atoms. The highest BCUT2D eigenvalue weighted by Gasteiger charge is 2.32. The quantitative estimate of drug-likeness (QED) is 0.335. The van der Waals surface area contributed by atoms with Crippen LogP contribution in [0.5, 0.6) is 0 Å². The third kappa shape index (κ3) is 7.24. The first-order chi connectivity index (χ1) is 18.0. The predicted octanol–water partition coefficient (Wildman–Crippen LogP) is 5.27. The molecule has 0 aromatic heterocycles. The van der Waals surface area contributed by atoms with Crippen molar-refractivity contribution in [1.29, 1.82) is 0 Å². The smallest absolute Gasteiger partial charge is 0.264 e. The number of hydrogen-bond donors (Lipinski definition) is 1. The summed E-state index contributed by atoms with van der Waals surface area (Å²) < 4.78 is 41.8. The molecule has 0 aliphatic rings.